The molecule has 7 atom stereocenters. The van der Waals surface area contributed by atoms with Gasteiger partial charge in [-0.2, -0.15) is 0 Å². The Bertz CT molecular complexity index is 621. The molecule has 0 spiro atoms. The fraction of sp³-hybridized carbons (Fsp3) is 0.917. The third kappa shape index (κ3) is 4.55. The quantitative estimate of drug-likeness (QED) is 0.735. The van der Waals surface area contributed by atoms with E-state index in [1.807, 2.05) is 11.9 Å². The van der Waals surface area contributed by atoms with E-state index in [2.05, 4.69) is 17.6 Å². The van der Waals surface area contributed by atoms with Crippen LogP contribution in [0.2, 0.25) is 0 Å². The number of methoxy groups -OCH3 is 1. The number of likely N-dealkylation sites (tertiary alicyclic amines) is 1. The molecule has 7 unspecified atom stereocenters. The summed E-state index contributed by atoms with van der Waals surface area (Å²) in [6.07, 6.45) is 10.7. The second-order valence-electron chi connectivity index (χ2n) is 10.5. The van der Waals surface area contributed by atoms with E-state index in [4.69, 9.17) is 4.74 Å². The highest BCUT2D eigenvalue weighted by Crippen LogP contribution is 2.43. The molecule has 2 aliphatic carbocycles. The number of piperidine rings is 2. The molecule has 4 fully saturated rings. The minimum atomic E-state index is 0.0473. The predicted octanol–water partition coefficient (Wildman–Crippen LogP) is 2.92. The SMILES string of the molecule is COC1CC2C(CN1)CC(C1CC(NC(=O)C3CCCCC3)CCC1C)C(=O)N2C. The van der Waals surface area contributed by atoms with Crippen molar-refractivity contribution in [3.8, 4) is 0 Å². The summed E-state index contributed by atoms with van der Waals surface area (Å²) in [4.78, 5) is 28.2. The van der Waals surface area contributed by atoms with Crippen LogP contribution in [-0.2, 0) is 14.3 Å². The smallest absolute Gasteiger partial charge is 0.225 e. The average molecular weight is 420 g/mol. The topological polar surface area (TPSA) is 70.7 Å². The van der Waals surface area contributed by atoms with Crippen LogP contribution < -0.4 is 10.6 Å². The van der Waals surface area contributed by atoms with Crippen LogP contribution in [0.4, 0.5) is 0 Å². The van der Waals surface area contributed by atoms with Crippen LogP contribution >= 0.6 is 0 Å². The van der Waals surface area contributed by atoms with E-state index < -0.39 is 0 Å². The molecule has 0 aromatic carbocycles. The van der Waals surface area contributed by atoms with E-state index in [9.17, 15) is 9.59 Å². The monoisotopic (exact) mass is 419 g/mol. The van der Waals surface area contributed by atoms with Gasteiger partial charge >= 0.3 is 0 Å². The summed E-state index contributed by atoms with van der Waals surface area (Å²) in [5, 5.41) is 6.87. The van der Waals surface area contributed by atoms with E-state index in [1.54, 1.807) is 7.11 Å². The molecule has 4 aliphatic rings. The molecule has 0 aromatic heterocycles. The largest absolute Gasteiger partial charge is 0.367 e. The molecule has 0 aromatic rings. The normalized spacial score (nSPS) is 40.7. The minimum absolute atomic E-state index is 0.0473. The Kier molecular flexibility index (Phi) is 7.03. The summed E-state index contributed by atoms with van der Waals surface area (Å²) in [6, 6.07) is 0.513. The van der Waals surface area contributed by atoms with Gasteiger partial charge in [-0.3, -0.25) is 14.9 Å². The van der Waals surface area contributed by atoms with Crippen molar-refractivity contribution in [2.75, 3.05) is 20.7 Å². The molecule has 170 valence electrons. The first kappa shape index (κ1) is 22.1. The predicted molar refractivity (Wildman–Crippen MR) is 117 cm³/mol. The molecule has 6 heteroatoms. The lowest BCUT2D eigenvalue weighted by Crippen LogP contribution is -2.60. The molecular weight excluding hydrogens is 378 g/mol. The number of hydrogen-bond donors (Lipinski definition) is 2. The lowest BCUT2D eigenvalue weighted by atomic mass is 9.66. The first-order chi connectivity index (χ1) is 14.5. The van der Waals surface area contributed by atoms with Crippen molar-refractivity contribution in [3.05, 3.63) is 0 Å². The van der Waals surface area contributed by atoms with Crippen molar-refractivity contribution >= 4 is 11.8 Å². The fourth-order valence-corrected chi connectivity index (χ4v) is 6.75. The first-order valence-corrected chi connectivity index (χ1v) is 12.3. The summed E-state index contributed by atoms with van der Waals surface area (Å²) in [5.74, 6) is 2.27. The van der Waals surface area contributed by atoms with Gasteiger partial charge in [0.05, 0.1) is 0 Å². The molecular formula is C24H41N3O3. The second kappa shape index (κ2) is 9.56. The zero-order chi connectivity index (χ0) is 21.3. The maximum atomic E-state index is 13.4. The first-order valence-electron chi connectivity index (χ1n) is 12.3. The number of rotatable bonds is 4. The van der Waals surface area contributed by atoms with Crippen LogP contribution in [0.15, 0.2) is 0 Å². The summed E-state index contributed by atoms with van der Waals surface area (Å²) in [7, 11) is 3.72. The van der Waals surface area contributed by atoms with Gasteiger partial charge < -0.3 is 15.0 Å². The maximum Gasteiger partial charge on any atom is 0.225 e. The third-order valence-electron chi connectivity index (χ3n) is 8.71. The second-order valence-corrected chi connectivity index (χ2v) is 10.5. The molecule has 0 bridgehead atoms. The zero-order valence-corrected chi connectivity index (χ0v) is 19.1. The van der Waals surface area contributed by atoms with Crippen molar-refractivity contribution in [3.63, 3.8) is 0 Å². The number of fused-ring (bicyclic) bond motifs is 1. The molecule has 2 aliphatic heterocycles. The van der Waals surface area contributed by atoms with Gasteiger partial charge in [0.1, 0.15) is 6.23 Å². The van der Waals surface area contributed by atoms with Crippen molar-refractivity contribution in [1.82, 2.24) is 15.5 Å². The van der Waals surface area contributed by atoms with Gasteiger partial charge in [0, 0.05) is 51.0 Å². The summed E-state index contributed by atoms with van der Waals surface area (Å²) in [6.45, 7) is 3.23. The molecule has 2 N–H and O–H groups in total. The van der Waals surface area contributed by atoms with Crippen LogP contribution in [0.25, 0.3) is 0 Å². The Balaban J connectivity index is 1.39. The minimum Gasteiger partial charge on any atom is -0.367 e. The number of carbonyl (C=O) groups excluding carboxylic acids is 2. The van der Waals surface area contributed by atoms with Crippen LogP contribution in [0.5, 0.6) is 0 Å². The van der Waals surface area contributed by atoms with Gasteiger partial charge in [-0.1, -0.05) is 26.2 Å². The highest BCUT2D eigenvalue weighted by molar-refractivity contribution is 5.80. The maximum absolute atomic E-state index is 13.4. The zero-order valence-electron chi connectivity index (χ0n) is 19.1. The Hall–Kier alpha value is -1.14. The standard InChI is InChI=1S/C24H41N3O3/c1-15-9-10-18(26-23(28)16-7-5-4-6-8-16)12-19(15)20-11-17-14-25-22(30-3)13-21(17)27(2)24(20)29/h15-22,25H,4-14H2,1-3H3,(H,26,28). The molecule has 6 nitrogen and oxygen atoms in total. The molecule has 2 saturated heterocycles. The van der Waals surface area contributed by atoms with E-state index in [-0.39, 0.29) is 36.1 Å². The lowest BCUT2D eigenvalue weighted by molar-refractivity contribution is -0.151. The number of ether oxygens (including phenoxy) is 1. The van der Waals surface area contributed by atoms with Gasteiger partial charge in [-0.25, -0.2) is 0 Å². The van der Waals surface area contributed by atoms with E-state index in [0.717, 1.165) is 51.5 Å². The molecule has 2 saturated carbocycles. The van der Waals surface area contributed by atoms with Crippen molar-refractivity contribution in [1.29, 1.82) is 0 Å². The van der Waals surface area contributed by atoms with Crippen LogP contribution in [-0.4, -0.2) is 55.7 Å². The van der Waals surface area contributed by atoms with Crippen molar-refractivity contribution < 1.29 is 14.3 Å². The highest BCUT2D eigenvalue weighted by Gasteiger charge is 2.47. The van der Waals surface area contributed by atoms with E-state index >= 15 is 0 Å². The Morgan fingerprint density at radius 1 is 1.10 bits per heavy atom. The fourth-order valence-electron chi connectivity index (χ4n) is 6.75. The number of nitrogens with one attached hydrogen (secondary N) is 2. The molecule has 2 heterocycles. The van der Waals surface area contributed by atoms with Gasteiger partial charge in [-0.05, 0) is 56.3 Å². The Labute approximate surface area is 181 Å². The summed E-state index contributed by atoms with van der Waals surface area (Å²) >= 11 is 0. The lowest BCUT2D eigenvalue weighted by Gasteiger charge is -2.50. The van der Waals surface area contributed by atoms with Crippen molar-refractivity contribution in [2.24, 2.45) is 29.6 Å². The Morgan fingerprint density at radius 2 is 1.87 bits per heavy atom. The molecule has 0 radical (unpaired) electrons. The van der Waals surface area contributed by atoms with Gasteiger partial charge in [0.15, 0.2) is 0 Å². The molecule has 2 amide bonds. The van der Waals surface area contributed by atoms with Gasteiger partial charge in [0.2, 0.25) is 11.8 Å². The average Bonchev–Trinajstić information content (AvgIpc) is 2.78. The van der Waals surface area contributed by atoms with Gasteiger partial charge in [-0.15, -0.1) is 0 Å². The number of nitrogens with zero attached hydrogens (tertiary/aromatic N) is 1. The number of hydrogen-bond acceptors (Lipinski definition) is 4. The van der Waals surface area contributed by atoms with Crippen LogP contribution in [0, 0.1) is 29.6 Å². The number of carbonyl (C=O) groups is 2. The van der Waals surface area contributed by atoms with Gasteiger partial charge in [0.25, 0.3) is 0 Å². The highest BCUT2D eigenvalue weighted by atomic mass is 16.5. The Morgan fingerprint density at radius 3 is 2.60 bits per heavy atom. The van der Waals surface area contributed by atoms with E-state index in [0.29, 0.717) is 23.7 Å². The molecule has 30 heavy (non-hydrogen) atoms. The van der Waals surface area contributed by atoms with Crippen LogP contribution in [0.3, 0.4) is 0 Å². The number of amides is 2. The summed E-state index contributed by atoms with van der Waals surface area (Å²) in [5.41, 5.74) is 0. The van der Waals surface area contributed by atoms with Crippen LogP contribution in [0.1, 0.15) is 71.1 Å². The van der Waals surface area contributed by atoms with E-state index in [1.165, 1.54) is 19.3 Å². The van der Waals surface area contributed by atoms with Crippen molar-refractivity contribution in [2.45, 2.75) is 89.4 Å². The molecule has 4 rings (SSSR count). The summed E-state index contributed by atoms with van der Waals surface area (Å²) < 4.78 is 5.50. The third-order valence-corrected chi connectivity index (χ3v) is 8.71.